The molecule has 2 rings (SSSR count). The Labute approximate surface area is 122 Å². The molecule has 21 heavy (non-hydrogen) atoms. The number of anilines is 1. The first kappa shape index (κ1) is 14.8. The van der Waals surface area contributed by atoms with Gasteiger partial charge in [-0.15, -0.1) is 0 Å². The van der Waals surface area contributed by atoms with E-state index in [1.54, 1.807) is 12.3 Å². The molecule has 0 bridgehead atoms. The normalized spacial score (nSPS) is 13.1. The highest BCUT2D eigenvalue weighted by Gasteiger charge is 2.23. The number of aromatic nitrogens is 1. The van der Waals surface area contributed by atoms with E-state index in [0.717, 1.165) is 11.8 Å². The van der Waals surface area contributed by atoms with Crippen LogP contribution in [0.3, 0.4) is 0 Å². The molecule has 0 saturated carbocycles. The summed E-state index contributed by atoms with van der Waals surface area (Å²) in [5.41, 5.74) is 6.92. The number of fused-ring (bicyclic) bond motifs is 1. The maximum atomic E-state index is 12.3. The zero-order chi connectivity index (χ0) is 15.2. The minimum atomic E-state index is -0.654. The summed E-state index contributed by atoms with van der Waals surface area (Å²) in [6.07, 6.45) is 2.94. The molecule has 6 nitrogen and oxygen atoms in total. The highest BCUT2D eigenvalue weighted by atomic mass is 16.4. The van der Waals surface area contributed by atoms with E-state index in [1.165, 1.54) is 0 Å². The van der Waals surface area contributed by atoms with Crippen molar-refractivity contribution < 1.29 is 10.0 Å². The van der Waals surface area contributed by atoms with Gasteiger partial charge in [-0.1, -0.05) is 36.7 Å². The second-order valence-electron chi connectivity index (χ2n) is 4.74. The van der Waals surface area contributed by atoms with Gasteiger partial charge in [0.1, 0.15) is 0 Å². The predicted octanol–water partition coefficient (Wildman–Crippen LogP) is 2.34. The Balaban J connectivity index is 2.28. The molecule has 1 amide bonds. The Bertz CT molecular complexity index is 664. The molecule has 0 fully saturated rings. The smallest absolute Gasteiger partial charge is 0.235 e. The molecule has 110 valence electrons. The first-order valence-electron chi connectivity index (χ1n) is 6.79. The van der Waals surface area contributed by atoms with Crippen molar-refractivity contribution in [2.45, 2.75) is 19.8 Å². The van der Waals surface area contributed by atoms with Crippen molar-refractivity contribution in [3.8, 4) is 0 Å². The number of nitrogens with zero attached hydrogens (tertiary/aromatic N) is 2. The molecule has 4 N–H and O–H groups in total. The van der Waals surface area contributed by atoms with Gasteiger partial charge in [-0.3, -0.25) is 9.78 Å². The van der Waals surface area contributed by atoms with Crippen molar-refractivity contribution in [1.82, 2.24) is 4.98 Å². The number of carbonyl (C=O) groups is 1. The standard InChI is InChI=1S/C15H18N4O2/c1-2-5-11(14(16)19-21)15(20)18-12-8-3-6-10-7-4-9-17-13(10)12/h3-4,6-9,11,21H,2,5H2,1H3,(H2,16,19)(H,18,20). The van der Waals surface area contributed by atoms with Crippen LogP contribution in [0.1, 0.15) is 19.8 Å². The number of amides is 1. The maximum Gasteiger partial charge on any atom is 0.235 e. The molecule has 0 aliphatic heterocycles. The number of para-hydroxylation sites is 1. The van der Waals surface area contributed by atoms with Crippen LogP contribution >= 0.6 is 0 Å². The topological polar surface area (TPSA) is 101 Å². The lowest BCUT2D eigenvalue weighted by Crippen LogP contribution is -2.34. The summed E-state index contributed by atoms with van der Waals surface area (Å²) in [5, 5.41) is 15.5. The Morgan fingerprint density at radius 3 is 2.90 bits per heavy atom. The number of rotatable bonds is 5. The first-order chi connectivity index (χ1) is 10.2. The minimum absolute atomic E-state index is 0.0810. The van der Waals surface area contributed by atoms with Gasteiger partial charge in [-0.05, 0) is 18.6 Å². The van der Waals surface area contributed by atoms with Gasteiger partial charge in [0.05, 0.1) is 17.1 Å². The number of benzene rings is 1. The minimum Gasteiger partial charge on any atom is -0.409 e. The molecule has 1 atom stereocenters. The van der Waals surface area contributed by atoms with Crippen LogP contribution in [0.15, 0.2) is 41.7 Å². The third-order valence-electron chi connectivity index (χ3n) is 3.26. The summed E-state index contributed by atoms with van der Waals surface area (Å²) in [6, 6.07) is 9.31. The van der Waals surface area contributed by atoms with E-state index in [-0.39, 0.29) is 11.7 Å². The molecule has 2 aromatic rings. The van der Waals surface area contributed by atoms with Gasteiger partial charge in [0.2, 0.25) is 5.91 Å². The van der Waals surface area contributed by atoms with Crippen molar-refractivity contribution in [1.29, 1.82) is 0 Å². The number of nitrogens with one attached hydrogen (secondary N) is 1. The number of oxime groups is 1. The van der Waals surface area contributed by atoms with Crippen molar-refractivity contribution in [3.05, 3.63) is 36.5 Å². The van der Waals surface area contributed by atoms with Gasteiger partial charge < -0.3 is 16.3 Å². The fraction of sp³-hybridized carbons (Fsp3) is 0.267. The zero-order valence-electron chi connectivity index (χ0n) is 11.8. The number of hydrogen-bond acceptors (Lipinski definition) is 4. The van der Waals surface area contributed by atoms with Gasteiger partial charge in [-0.2, -0.15) is 0 Å². The van der Waals surface area contributed by atoms with E-state index in [2.05, 4.69) is 15.5 Å². The number of nitrogens with two attached hydrogens (primary N) is 1. The highest BCUT2D eigenvalue weighted by Crippen LogP contribution is 2.21. The van der Waals surface area contributed by atoms with Crippen LogP contribution in [0.4, 0.5) is 5.69 Å². The monoisotopic (exact) mass is 286 g/mol. The SMILES string of the molecule is CCCC(C(=O)Nc1cccc2cccnc12)C(N)=NO. The van der Waals surface area contributed by atoms with Crippen molar-refractivity contribution in [2.75, 3.05) is 5.32 Å². The molecule has 1 aromatic carbocycles. The second kappa shape index (κ2) is 6.69. The van der Waals surface area contributed by atoms with E-state index in [9.17, 15) is 4.79 Å². The maximum absolute atomic E-state index is 12.3. The number of hydrogen-bond donors (Lipinski definition) is 3. The van der Waals surface area contributed by atoms with Crippen LogP contribution in [-0.4, -0.2) is 21.9 Å². The third kappa shape index (κ3) is 3.28. The average molecular weight is 286 g/mol. The van der Waals surface area contributed by atoms with Crippen LogP contribution in [0.25, 0.3) is 10.9 Å². The second-order valence-corrected chi connectivity index (χ2v) is 4.74. The molecule has 1 aromatic heterocycles. The summed E-state index contributed by atoms with van der Waals surface area (Å²) in [7, 11) is 0. The molecule has 0 spiro atoms. The van der Waals surface area contributed by atoms with Gasteiger partial charge >= 0.3 is 0 Å². The van der Waals surface area contributed by atoms with Gasteiger partial charge in [0, 0.05) is 11.6 Å². The molecular weight excluding hydrogens is 268 g/mol. The van der Waals surface area contributed by atoms with Crippen LogP contribution < -0.4 is 11.1 Å². The molecular formula is C15H18N4O2. The Hall–Kier alpha value is -2.63. The lowest BCUT2D eigenvalue weighted by Gasteiger charge is -2.15. The average Bonchev–Trinajstić information content (AvgIpc) is 2.52. The third-order valence-corrected chi connectivity index (χ3v) is 3.26. The highest BCUT2D eigenvalue weighted by molar-refractivity contribution is 6.10. The summed E-state index contributed by atoms with van der Waals surface area (Å²) in [6.45, 7) is 1.93. The summed E-state index contributed by atoms with van der Waals surface area (Å²) in [5.74, 6) is -1.04. The molecule has 0 saturated heterocycles. The van der Waals surface area contributed by atoms with Crippen LogP contribution in [0, 0.1) is 5.92 Å². The zero-order valence-corrected chi connectivity index (χ0v) is 11.8. The Morgan fingerprint density at radius 2 is 2.19 bits per heavy atom. The number of carbonyl (C=O) groups excluding carboxylic acids is 1. The lowest BCUT2D eigenvalue weighted by atomic mass is 10.0. The molecule has 1 heterocycles. The van der Waals surface area contributed by atoms with Gasteiger partial charge in [0.15, 0.2) is 5.84 Å². The Morgan fingerprint density at radius 1 is 1.43 bits per heavy atom. The molecule has 0 aliphatic carbocycles. The fourth-order valence-electron chi connectivity index (χ4n) is 2.20. The van der Waals surface area contributed by atoms with Crippen molar-refractivity contribution in [2.24, 2.45) is 16.8 Å². The van der Waals surface area contributed by atoms with E-state index in [4.69, 9.17) is 10.9 Å². The molecule has 1 unspecified atom stereocenters. The lowest BCUT2D eigenvalue weighted by molar-refractivity contribution is -0.118. The van der Waals surface area contributed by atoms with E-state index in [1.807, 2.05) is 31.2 Å². The number of pyridine rings is 1. The molecule has 0 aliphatic rings. The summed E-state index contributed by atoms with van der Waals surface area (Å²) >= 11 is 0. The van der Waals surface area contributed by atoms with E-state index in [0.29, 0.717) is 17.6 Å². The van der Waals surface area contributed by atoms with Crippen molar-refractivity contribution >= 4 is 28.3 Å². The predicted molar refractivity (Wildman–Crippen MR) is 82.2 cm³/mol. The summed E-state index contributed by atoms with van der Waals surface area (Å²) < 4.78 is 0. The summed E-state index contributed by atoms with van der Waals surface area (Å²) in [4.78, 5) is 16.6. The number of amidine groups is 1. The van der Waals surface area contributed by atoms with E-state index >= 15 is 0 Å². The van der Waals surface area contributed by atoms with Gasteiger partial charge in [-0.25, -0.2) is 0 Å². The van der Waals surface area contributed by atoms with Crippen LogP contribution in [-0.2, 0) is 4.79 Å². The van der Waals surface area contributed by atoms with E-state index < -0.39 is 5.92 Å². The largest absolute Gasteiger partial charge is 0.409 e. The van der Waals surface area contributed by atoms with Crippen molar-refractivity contribution in [3.63, 3.8) is 0 Å². The fourth-order valence-corrected chi connectivity index (χ4v) is 2.20. The Kier molecular flexibility index (Phi) is 4.71. The molecule has 6 heteroatoms. The van der Waals surface area contributed by atoms with Crippen LogP contribution in [0.2, 0.25) is 0 Å². The first-order valence-corrected chi connectivity index (χ1v) is 6.79. The van der Waals surface area contributed by atoms with Gasteiger partial charge in [0.25, 0.3) is 0 Å². The quantitative estimate of drug-likeness (QED) is 0.340. The van der Waals surface area contributed by atoms with Crippen LogP contribution in [0.5, 0.6) is 0 Å². The molecule has 0 radical (unpaired) electrons.